The van der Waals surface area contributed by atoms with Gasteiger partial charge >= 0.3 is 0 Å². The van der Waals surface area contributed by atoms with Crippen molar-refractivity contribution in [2.75, 3.05) is 6.54 Å². The van der Waals surface area contributed by atoms with Gasteiger partial charge < -0.3 is 5.32 Å². The molecule has 1 aromatic heterocycles. The number of rotatable bonds is 9. The Kier molecular flexibility index (Phi) is 8.40. The van der Waals surface area contributed by atoms with Crippen molar-refractivity contribution < 1.29 is 0 Å². The van der Waals surface area contributed by atoms with Crippen LogP contribution in [0, 0.1) is 5.92 Å². The van der Waals surface area contributed by atoms with Crippen molar-refractivity contribution in [3.8, 4) is 0 Å². The molecule has 1 rings (SSSR count). The lowest BCUT2D eigenvalue weighted by Crippen LogP contribution is -2.19. The van der Waals surface area contributed by atoms with Crippen LogP contribution in [0.5, 0.6) is 0 Å². The summed E-state index contributed by atoms with van der Waals surface area (Å²) in [4.78, 5) is 0. The molecule has 4 heteroatoms. The smallest absolute Gasteiger partial charge is 0.0991 e. The van der Waals surface area contributed by atoms with Crippen LogP contribution >= 0.6 is 34.5 Å². The minimum Gasteiger partial charge on any atom is -0.310 e. The van der Waals surface area contributed by atoms with E-state index in [-0.39, 0.29) is 6.04 Å². The van der Waals surface area contributed by atoms with Crippen LogP contribution in [0.15, 0.2) is 6.07 Å². The Morgan fingerprint density at radius 3 is 2.37 bits per heavy atom. The molecule has 0 spiro atoms. The highest BCUT2D eigenvalue weighted by molar-refractivity contribution is 7.20. The van der Waals surface area contributed by atoms with Gasteiger partial charge in [0, 0.05) is 6.04 Å². The minimum absolute atomic E-state index is 0.284. The number of hydrogen-bond acceptors (Lipinski definition) is 2. The van der Waals surface area contributed by atoms with Gasteiger partial charge in [0.25, 0.3) is 0 Å². The Morgan fingerprint density at radius 1 is 1.11 bits per heavy atom. The molecule has 1 unspecified atom stereocenters. The second-order valence-corrected chi connectivity index (χ2v) is 7.84. The zero-order chi connectivity index (χ0) is 14.3. The highest BCUT2D eigenvalue weighted by Gasteiger charge is 2.12. The van der Waals surface area contributed by atoms with Crippen LogP contribution in [0.1, 0.15) is 64.5 Å². The molecule has 1 atom stereocenters. The van der Waals surface area contributed by atoms with Crippen LogP contribution in [0.25, 0.3) is 0 Å². The van der Waals surface area contributed by atoms with Crippen molar-refractivity contribution >= 4 is 34.5 Å². The number of nitrogens with one attached hydrogen (secondary N) is 1. The van der Waals surface area contributed by atoms with E-state index in [1.54, 1.807) is 0 Å². The highest BCUT2D eigenvalue weighted by Crippen LogP contribution is 2.34. The second kappa shape index (κ2) is 9.23. The van der Waals surface area contributed by atoms with E-state index in [4.69, 9.17) is 23.2 Å². The molecule has 0 fully saturated rings. The monoisotopic (exact) mass is 321 g/mol. The van der Waals surface area contributed by atoms with Gasteiger partial charge in [-0.05, 0) is 37.4 Å². The Labute approximate surface area is 131 Å². The Balaban J connectivity index is 2.11. The van der Waals surface area contributed by atoms with Crippen molar-refractivity contribution in [3.63, 3.8) is 0 Å². The molecule has 110 valence electrons. The van der Waals surface area contributed by atoms with Gasteiger partial charge in [-0.2, -0.15) is 0 Å². The first kappa shape index (κ1) is 17.3. The van der Waals surface area contributed by atoms with Gasteiger partial charge in [-0.25, -0.2) is 0 Å². The van der Waals surface area contributed by atoms with E-state index >= 15 is 0 Å². The minimum atomic E-state index is 0.284. The van der Waals surface area contributed by atoms with E-state index in [9.17, 15) is 0 Å². The fourth-order valence-electron chi connectivity index (χ4n) is 2.11. The molecule has 0 bridgehead atoms. The lowest BCUT2D eigenvalue weighted by molar-refractivity contribution is 0.499. The SMILES string of the molecule is CC(C)CCCCCCNC(C)c1cc(Cl)sc1Cl. The number of thiophene rings is 1. The predicted molar refractivity (Wildman–Crippen MR) is 88.7 cm³/mol. The van der Waals surface area contributed by atoms with Crippen LogP contribution in [-0.2, 0) is 0 Å². The topological polar surface area (TPSA) is 12.0 Å². The summed E-state index contributed by atoms with van der Waals surface area (Å²) >= 11 is 13.5. The van der Waals surface area contributed by atoms with E-state index in [1.165, 1.54) is 43.4 Å². The van der Waals surface area contributed by atoms with Crippen LogP contribution in [0.3, 0.4) is 0 Å². The molecule has 1 nitrogen and oxygen atoms in total. The highest BCUT2D eigenvalue weighted by atomic mass is 35.5. The Morgan fingerprint density at radius 2 is 1.79 bits per heavy atom. The maximum Gasteiger partial charge on any atom is 0.0991 e. The van der Waals surface area contributed by atoms with Crippen LogP contribution in [-0.4, -0.2) is 6.54 Å². The molecular formula is C15H25Cl2NS. The van der Waals surface area contributed by atoms with Gasteiger partial charge in [0.2, 0.25) is 0 Å². The zero-order valence-corrected chi connectivity index (χ0v) is 14.5. The molecule has 0 aliphatic carbocycles. The third-order valence-electron chi connectivity index (χ3n) is 3.31. The van der Waals surface area contributed by atoms with Gasteiger partial charge in [-0.3, -0.25) is 0 Å². The summed E-state index contributed by atoms with van der Waals surface area (Å²) in [6.45, 7) is 7.77. The number of hydrogen-bond donors (Lipinski definition) is 1. The maximum atomic E-state index is 6.14. The van der Waals surface area contributed by atoms with Crippen molar-refractivity contribution in [2.45, 2.75) is 58.9 Å². The molecule has 0 aliphatic heterocycles. The summed E-state index contributed by atoms with van der Waals surface area (Å²) in [7, 11) is 0. The molecule has 19 heavy (non-hydrogen) atoms. The van der Waals surface area contributed by atoms with Crippen molar-refractivity contribution in [2.24, 2.45) is 5.92 Å². The number of unbranched alkanes of at least 4 members (excludes halogenated alkanes) is 3. The fourth-order valence-corrected chi connectivity index (χ4v) is 3.75. The van der Waals surface area contributed by atoms with E-state index in [1.807, 2.05) is 6.07 Å². The molecule has 0 saturated heterocycles. The van der Waals surface area contributed by atoms with Gasteiger partial charge in [-0.1, -0.05) is 62.7 Å². The summed E-state index contributed by atoms with van der Waals surface area (Å²) < 4.78 is 1.57. The average Bonchev–Trinajstić information content (AvgIpc) is 2.66. The first-order valence-corrected chi connectivity index (χ1v) is 8.76. The van der Waals surface area contributed by atoms with Gasteiger partial charge in [0.05, 0.1) is 8.67 Å². The summed E-state index contributed by atoms with van der Waals surface area (Å²) in [6, 6.07) is 2.25. The average molecular weight is 322 g/mol. The maximum absolute atomic E-state index is 6.14. The first-order chi connectivity index (χ1) is 9.00. The third-order valence-corrected chi connectivity index (χ3v) is 4.83. The Hall–Kier alpha value is 0.240. The fraction of sp³-hybridized carbons (Fsp3) is 0.733. The largest absolute Gasteiger partial charge is 0.310 e. The molecule has 0 aliphatic rings. The van der Waals surface area contributed by atoms with Crippen molar-refractivity contribution in [1.82, 2.24) is 5.32 Å². The molecule has 1 aromatic rings. The zero-order valence-electron chi connectivity index (χ0n) is 12.1. The molecule has 0 radical (unpaired) electrons. The van der Waals surface area contributed by atoms with Gasteiger partial charge in [0.15, 0.2) is 0 Å². The van der Waals surface area contributed by atoms with Gasteiger partial charge in [-0.15, -0.1) is 11.3 Å². The standard InChI is InChI=1S/C15H25Cl2NS/c1-11(2)8-6-4-5-7-9-18-12(3)13-10-14(16)19-15(13)17/h10-12,18H,4-9H2,1-3H3. The van der Waals surface area contributed by atoms with Crippen molar-refractivity contribution in [3.05, 3.63) is 20.3 Å². The van der Waals surface area contributed by atoms with Crippen LogP contribution < -0.4 is 5.32 Å². The van der Waals surface area contributed by atoms with Crippen LogP contribution in [0.4, 0.5) is 0 Å². The molecule has 0 saturated carbocycles. The first-order valence-electron chi connectivity index (χ1n) is 7.18. The Bertz CT molecular complexity index is 363. The lowest BCUT2D eigenvalue weighted by Gasteiger charge is -2.13. The lowest BCUT2D eigenvalue weighted by atomic mass is 10.0. The quantitative estimate of drug-likeness (QED) is 0.525. The van der Waals surface area contributed by atoms with E-state index < -0.39 is 0 Å². The predicted octanol–water partition coefficient (Wildman–Crippen LogP) is 6.31. The molecule has 1 heterocycles. The van der Waals surface area contributed by atoms with Crippen LogP contribution in [0.2, 0.25) is 8.67 Å². The van der Waals surface area contributed by atoms with E-state index in [0.29, 0.717) is 0 Å². The van der Waals surface area contributed by atoms with E-state index in [0.717, 1.165) is 26.7 Å². The molecular weight excluding hydrogens is 297 g/mol. The third kappa shape index (κ3) is 6.99. The molecule has 0 amide bonds. The van der Waals surface area contributed by atoms with E-state index in [2.05, 4.69) is 26.1 Å². The summed E-state index contributed by atoms with van der Waals surface area (Å²) in [5.74, 6) is 0.837. The summed E-state index contributed by atoms with van der Waals surface area (Å²) in [5.41, 5.74) is 1.12. The molecule has 0 aromatic carbocycles. The summed E-state index contributed by atoms with van der Waals surface area (Å²) in [5, 5.41) is 3.52. The second-order valence-electron chi connectivity index (χ2n) is 5.55. The normalized spacial score (nSPS) is 13.2. The summed E-state index contributed by atoms with van der Waals surface area (Å²) in [6.07, 6.45) is 6.60. The number of halogens is 2. The van der Waals surface area contributed by atoms with Gasteiger partial charge in [0.1, 0.15) is 0 Å². The van der Waals surface area contributed by atoms with Crippen molar-refractivity contribution in [1.29, 1.82) is 0 Å². The molecule has 1 N–H and O–H groups in total.